The summed E-state index contributed by atoms with van der Waals surface area (Å²) in [6.07, 6.45) is 12.0. The first-order chi connectivity index (χ1) is 7.70. The molecule has 1 saturated heterocycles. The number of hydrogen-bond donors (Lipinski definition) is 1. The third-order valence-electron chi connectivity index (χ3n) is 5.08. The van der Waals surface area contributed by atoms with Crippen molar-refractivity contribution >= 4 is 0 Å². The van der Waals surface area contributed by atoms with E-state index < -0.39 is 0 Å². The van der Waals surface area contributed by atoms with Crippen molar-refractivity contribution in [2.24, 2.45) is 5.41 Å². The molecule has 3 fully saturated rings. The van der Waals surface area contributed by atoms with E-state index in [2.05, 4.69) is 4.90 Å². The van der Waals surface area contributed by atoms with Gasteiger partial charge in [0.25, 0.3) is 0 Å². The van der Waals surface area contributed by atoms with E-state index in [9.17, 15) is 5.11 Å². The molecule has 2 heteroatoms. The van der Waals surface area contributed by atoms with Gasteiger partial charge >= 0.3 is 0 Å². The summed E-state index contributed by atoms with van der Waals surface area (Å²) in [6.45, 7) is 3.50. The molecule has 2 aliphatic carbocycles. The predicted octanol–water partition coefficient (Wildman–Crippen LogP) is 2.56. The standard InChI is InChI=1S/C14H25NO/c16-14(8-5-9-14)12-15-10-13(11-15)6-3-1-2-4-7-13/h16H,1-12H2. The topological polar surface area (TPSA) is 23.5 Å². The number of hydrogen-bond acceptors (Lipinski definition) is 2. The number of nitrogens with zero attached hydrogens (tertiary/aromatic N) is 1. The van der Waals surface area contributed by atoms with E-state index in [4.69, 9.17) is 0 Å². The molecule has 2 saturated carbocycles. The van der Waals surface area contributed by atoms with E-state index in [1.54, 1.807) is 0 Å². The Morgan fingerprint density at radius 2 is 1.44 bits per heavy atom. The van der Waals surface area contributed by atoms with Gasteiger partial charge in [-0.05, 0) is 37.5 Å². The third kappa shape index (κ3) is 2.02. The molecule has 0 bridgehead atoms. The molecular formula is C14H25NO. The summed E-state index contributed by atoms with van der Waals surface area (Å²) in [7, 11) is 0. The lowest BCUT2D eigenvalue weighted by molar-refractivity contribution is -0.106. The lowest BCUT2D eigenvalue weighted by Crippen LogP contribution is -2.61. The van der Waals surface area contributed by atoms with E-state index in [-0.39, 0.29) is 5.60 Å². The largest absolute Gasteiger partial charge is 0.389 e. The zero-order valence-corrected chi connectivity index (χ0v) is 10.4. The van der Waals surface area contributed by atoms with Gasteiger partial charge in [-0.15, -0.1) is 0 Å². The molecule has 1 aliphatic heterocycles. The van der Waals surface area contributed by atoms with Gasteiger partial charge in [0.15, 0.2) is 0 Å². The average Bonchev–Trinajstić information content (AvgIpc) is 2.40. The van der Waals surface area contributed by atoms with E-state index in [0.717, 1.165) is 19.4 Å². The maximum Gasteiger partial charge on any atom is 0.0774 e. The Labute approximate surface area is 99.0 Å². The first kappa shape index (κ1) is 11.0. The highest BCUT2D eigenvalue weighted by Gasteiger charge is 2.46. The van der Waals surface area contributed by atoms with Crippen LogP contribution < -0.4 is 0 Å². The summed E-state index contributed by atoms with van der Waals surface area (Å²) in [4.78, 5) is 2.50. The van der Waals surface area contributed by atoms with Crippen molar-refractivity contribution in [1.29, 1.82) is 0 Å². The molecule has 0 aromatic heterocycles. The molecule has 92 valence electrons. The quantitative estimate of drug-likeness (QED) is 0.777. The summed E-state index contributed by atoms with van der Waals surface area (Å²) in [5.41, 5.74) is 0.364. The molecule has 0 atom stereocenters. The van der Waals surface area contributed by atoms with Gasteiger partial charge in [0.1, 0.15) is 0 Å². The molecule has 0 radical (unpaired) electrons. The van der Waals surface area contributed by atoms with Gasteiger partial charge in [-0.2, -0.15) is 0 Å². The maximum absolute atomic E-state index is 10.1. The van der Waals surface area contributed by atoms with Crippen LogP contribution in [0, 0.1) is 5.41 Å². The first-order valence-corrected chi connectivity index (χ1v) is 7.15. The second-order valence-corrected chi connectivity index (χ2v) is 6.64. The lowest BCUT2D eigenvalue weighted by atomic mass is 9.71. The number of likely N-dealkylation sites (tertiary alicyclic amines) is 1. The molecule has 0 aromatic rings. The minimum Gasteiger partial charge on any atom is -0.389 e. The van der Waals surface area contributed by atoms with E-state index in [0.29, 0.717) is 5.41 Å². The van der Waals surface area contributed by atoms with Crippen LogP contribution in [-0.2, 0) is 0 Å². The van der Waals surface area contributed by atoms with Gasteiger partial charge < -0.3 is 5.11 Å². The SMILES string of the molecule is OC1(CN2CC3(CCCCCC3)C2)CCC1. The lowest BCUT2D eigenvalue weighted by Gasteiger charge is -2.54. The Kier molecular flexibility index (Phi) is 2.75. The Bertz CT molecular complexity index is 243. The van der Waals surface area contributed by atoms with Crippen LogP contribution in [0.3, 0.4) is 0 Å². The smallest absolute Gasteiger partial charge is 0.0774 e. The minimum absolute atomic E-state index is 0.299. The van der Waals surface area contributed by atoms with E-state index in [1.807, 2.05) is 0 Å². The monoisotopic (exact) mass is 223 g/mol. The molecule has 1 spiro atoms. The van der Waals surface area contributed by atoms with Gasteiger partial charge in [-0.3, -0.25) is 4.90 Å². The average molecular weight is 223 g/mol. The van der Waals surface area contributed by atoms with Crippen molar-refractivity contribution in [3.05, 3.63) is 0 Å². The fraction of sp³-hybridized carbons (Fsp3) is 1.00. The molecule has 1 N–H and O–H groups in total. The molecule has 16 heavy (non-hydrogen) atoms. The second-order valence-electron chi connectivity index (χ2n) is 6.64. The van der Waals surface area contributed by atoms with Gasteiger partial charge in [0, 0.05) is 19.6 Å². The van der Waals surface area contributed by atoms with Crippen molar-refractivity contribution in [1.82, 2.24) is 4.90 Å². The molecule has 2 nitrogen and oxygen atoms in total. The van der Waals surface area contributed by atoms with Crippen LogP contribution in [0.5, 0.6) is 0 Å². The summed E-state index contributed by atoms with van der Waals surface area (Å²) >= 11 is 0. The Balaban J connectivity index is 1.49. The predicted molar refractivity (Wildman–Crippen MR) is 65.4 cm³/mol. The zero-order valence-electron chi connectivity index (χ0n) is 10.4. The highest BCUT2D eigenvalue weighted by molar-refractivity contribution is 5.00. The summed E-state index contributed by atoms with van der Waals surface area (Å²) in [6, 6.07) is 0. The number of β-amino-alcohol motifs (C(OH)–C–C–N with tert-alkyl or cyclic N) is 1. The van der Waals surface area contributed by atoms with Gasteiger partial charge in [-0.25, -0.2) is 0 Å². The van der Waals surface area contributed by atoms with Crippen LogP contribution in [0.25, 0.3) is 0 Å². The Hall–Kier alpha value is -0.0800. The van der Waals surface area contributed by atoms with Gasteiger partial charge in [-0.1, -0.05) is 25.7 Å². The summed E-state index contributed by atoms with van der Waals surface area (Å²) < 4.78 is 0. The van der Waals surface area contributed by atoms with Crippen LogP contribution in [0.2, 0.25) is 0 Å². The van der Waals surface area contributed by atoms with Gasteiger partial charge in [0.2, 0.25) is 0 Å². The second kappa shape index (κ2) is 3.99. The molecule has 3 aliphatic rings. The summed E-state index contributed by atoms with van der Waals surface area (Å²) in [5, 5.41) is 10.1. The van der Waals surface area contributed by atoms with Crippen LogP contribution in [-0.4, -0.2) is 35.2 Å². The number of aliphatic hydroxyl groups is 1. The first-order valence-electron chi connectivity index (χ1n) is 7.15. The highest BCUT2D eigenvalue weighted by Crippen LogP contribution is 2.44. The van der Waals surface area contributed by atoms with Crippen LogP contribution in [0.4, 0.5) is 0 Å². The van der Waals surface area contributed by atoms with Crippen LogP contribution in [0.15, 0.2) is 0 Å². The fourth-order valence-corrected chi connectivity index (χ4v) is 3.97. The number of rotatable bonds is 2. The van der Waals surface area contributed by atoms with Gasteiger partial charge in [0.05, 0.1) is 5.60 Å². The van der Waals surface area contributed by atoms with E-state index >= 15 is 0 Å². The maximum atomic E-state index is 10.1. The van der Waals surface area contributed by atoms with Crippen molar-refractivity contribution in [3.63, 3.8) is 0 Å². The van der Waals surface area contributed by atoms with Crippen LogP contribution >= 0.6 is 0 Å². The zero-order chi connectivity index (χ0) is 11.1. The van der Waals surface area contributed by atoms with E-state index in [1.165, 1.54) is 58.0 Å². The van der Waals surface area contributed by atoms with Crippen molar-refractivity contribution in [3.8, 4) is 0 Å². The summed E-state index contributed by atoms with van der Waals surface area (Å²) in [5.74, 6) is 0. The molecule has 0 amide bonds. The Morgan fingerprint density at radius 3 is 1.94 bits per heavy atom. The third-order valence-corrected chi connectivity index (χ3v) is 5.08. The normalized spacial score (nSPS) is 32.8. The van der Waals surface area contributed by atoms with Crippen molar-refractivity contribution in [2.45, 2.75) is 63.4 Å². The minimum atomic E-state index is -0.299. The molecule has 1 heterocycles. The molecule has 3 rings (SSSR count). The fourth-order valence-electron chi connectivity index (χ4n) is 3.97. The highest BCUT2D eigenvalue weighted by atomic mass is 16.3. The molecule has 0 unspecified atom stereocenters. The van der Waals surface area contributed by atoms with Crippen LogP contribution in [0.1, 0.15) is 57.8 Å². The van der Waals surface area contributed by atoms with Crippen molar-refractivity contribution in [2.75, 3.05) is 19.6 Å². The van der Waals surface area contributed by atoms with Crippen molar-refractivity contribution < 1.29 is 5.11 Å². The Morgan fingerprint density at radius 1 is 0.812 bits per heavy atom. The molecular weight excluding hydrogens is 198 g/mol. The molecule has 0 aromatic carbocycles.